The van der Waals surface area contributed by atoms with Crippen LogP contribution in [0.5, 0.6) is 0 Å². The molecule has 1 amide bonds. The first kappa shape index (κ1) is 22.7. The Kier molecular flexibility index (Phi) is 8.36. The topological polar surface area (TPSA) is 45.2 Å². The summed E-state index contributed by atoms with van der Waals surface area (Å²) in [7, 11) is 0. The Hall–Kier alpha value is -1.47. The lowest BCUT2D eigenvalue weighted by Crippen LogP contribution is -2.44. The van der Waals surface area contributed by atoms with Crippen LogP contribution in [0.4, 0.5) is 0 Å². The van der Waals surface area contributed by atoms with E-state index in [-0.39, 0.29) is 12.0 Å². The second-order valence-electron chi connectivity index (χ2n) is 9.45. The lowest BCUT2D eigenvalue weighted by molar-refractivity contribution is -0.140. The predicted octanol–water partition coefficient (Wildman–Crippen LogP) is 3.24. The molecule has 31 heavy (non-hydrogen) atoms. The fraction of sp³-hybridized carbons (Fsp3) is 0.720. The highest BCUT2D eigenvalue weighted by Gasteiger charge is 2.27. The molecule has 3 fully saturated rings. The van der Waals surface area contributed by atoms with Crippen molar-refractivity contribution in [3.8, 4) is 0 Å². The third-order valence-electron chi connectivity index (χ3n) is 7.04. The molecule has 0 spiro atoms. The van der Waals surface area contributed by atoms with E-state index in [2.05, 4.69) is 41.0 Å². The van der Waals surface area contributed by atoms with Gasteiger partial charge in [0, 0.05) is 45.8 Å². The summed E-state index contributed by atoms with van der Waals surface area (Å²) in [6.07, 6.45) is 6.34. The maximum atomic E-state index is 13.1. The maximum absolute atomic E-state index is 13.1. The number of piperidine rings is 1. The van der Waals surface area contributed by atoms with Crippen molar-refractivity contribution in [2.75, 3.05) is 52.5 Å². The van der Waals surface area contributed by atoms with Crippen molar-refractivity contribution < 1.29 is 14.4 Å². The second-order valence-corrected chi connectivity index (χ2v) is 9.45. The minimum Gasteiger partial charge on any atom is -0.376 e. The number of ether oxygens (including phenoxy) is 1. The summed E-state index contributed by atoms with van der Waals surface area (Å²) < 4.78 is 5.86. The van der Waals surface area contributed by atoms with Crippen LogP contribution in [0, 0.1) is 12.8 Å². The minimum absolute atomic E-state index is 0.216. The SMILES string of the molecule is Cc1ccccc1CN1CCC(CN(CC2CCCO2)C(=O)CCN2CCCO2)CC1. The lowest BCUT2D eigenvalue weighted by atomic mass is 9.95. The molecule has 3 aliphatic rings. The van der Waals surface area contributed by atoms with Crippen LogP contribution >= 0.6 is 0 Å². The average Bonchev–Trinajstić information content (AvgIpc) is 3.49. The first-order valence-electron chi connectivity index (χ1n) is 12.2. The van der Waals surface area contributed by atoms with Gasteiger partial charge in [-0.25, -0.2) is 0 Å². The molecular formula is C25H39N3O3. The number of rotatable bonds is 9. The van der Waals surface area contributed by atoms with Crippen LogP contribution in [-0.4, -0.2) is 79.4 Å². The molecule has 0 N–H and O–H groups in total. The number of hydroxylamine groups is 2. The van der Waals surface area contributed by atoms with Gasteiger partial charge in [-0.15, -0.1) is 0 Å². The number of benzene rings is 1. The summed E-state index contributed by atoms with van der Waals surface area (Å²) in [6.45, 7) is 10.4. The number of carbonyl (C=O) groups is 1. The summed E-state index contributed by atoms with van der Waals surface area (Å²) in [6, 6.07) is 8.69. The van der Waals surface area contributed by atoms with Gasteiger partial charge in [0.2, 0.25) is 5.91 Å². The zero-order chi connectivity index (χ0) is 21.5. The third kappa shape index (κ3) is 6.75. The highest BCUT2D eigenvalue weighted by Crippen LogP contribution is 2.23. The molecule has 0 saturated carbocycles. The molecule has 0 aliphatic carbocycles. The fourth-order valence-corrected chi connectivity index (χ4v) is 5.03. The van der Waals surface area contributed by atoms with Crippen LogP contribution in [0.3, 0.4) is 0 Å². The maximum Gasteiger partial charge on any atom is 0.224 e. The van der Waals surface area contributed by atoms with Crippen molar-refractivity contribution in [3.05, 3.63) is 35.4 Å². The number of nitrogens with zero attached hydrogens (tertiary/aromatic N) is 3. The first-order valence-corrected chi connectivity index (χ1v) is 12.2. The molecule has 3 aliphatic heterocycles. The molecule has 1 unspecified atom stereocenters. The van der Waals surface area contributed by atoms with Gasteiger partial charge in [-0.3, -0.25) is 14.5 Å². The first-order chi connectivity index (χ1) is 15.2. The Morgan fingerprint density at radius 1 is 1.06 bits per heavy atom. The standard InChI is InChI=1S/C25H39N3O3/c1-21-6-2-3-7-23(21)19-26-13-9-22(10-14-26)18-27(20-24-8-4-16-30-24)25(29)11-15-28-12-5-17-31-28/h2-3,6-7,22,24H,4-5,8-20H2,1H3. The molecular weight excluding hydrogens is 390 g/mol. The minimum atomic E-state index is 0.216. The Morgan fingerprint density at radius 3 is 2.61 bits per heavy atom. The van der Waals surface area contributed by atoms with Gasteiger partial charge in [0.15, 0.2) is 0 Å². The molecule has 0 bridgehead atoms. The molecule has 6 nitrogen and oxygen atoms in total. The van der Waals surface area contributed by atoms with Crippen molar-refractivity contribution in [1.82, 2.24) is 14.9 Å². The molecule has 172 valence electrons. The van der Waals surface area contributed by atoms with E-state index in [1.54, 1.807) is 0 Å². The van der Waals surface area contributed by atoms with E-state index in [9.17, 15) is 4.79 Å². The third-order valence-corrected chi connectivity index (χ3v) is 7.04. The number of hydrogen-bond acceptors (Lipinski definition) is 5. The van der Waals surface area contributed by atoms with E-state index in [0.29, 0.717) is 18.9 Å². The normalized spacial score (nSPS) is 23.5. The number of carbonyl (C=O) groups excluding carboxylic acids is 1. The monoisotopic (exact) mass is 429 g/mol. The number of hydrogen-bond donors (Lipinski definition) is 0. The molecule has 3 heterocycles. The second kappa shape index (κ2) is 11.4. The lowest BCUT2D eigenvalue weighted by Gasteiger charge is -2.36. The highest BCUT2D eigenvalue weighted by atomic mass is 16.7. The van der Waals surface area contributed by atoms with Crippen LogP contribution < -0.4 is 0 Å². The van der Waals surface area contributed by atoms with E-state index in [1.807, 2.05) is 5.06 Å². The van der Waals surface area contributed by atoms with E-state index < -0.39 is 0 Å². The molecule has 0 aromatic heterocycles. The van der Waals surface area contributed by atoms with E-state index in [0.717, 1.165) is 84.6 Å². The number of likely N-dealkylation sites (tertiary alicyclic amines) is 1. The van der Waals surface area contributed by atoms with Crippen molar-refractivity contribution in [2.45, 2.75) is 58.1 Å². The zero-order valence-electron chi connectivity index (χ0n) is 19.1. The van der Waals surface area contributed by atoms with Crippen LogP contribution in [-0.2, 0) is 20.9 Å². The molecule has 6 heteroatoms. The van der Waals surface area contributed by atoms with Crippen molar-refractivity contribution in [3.63, 3.8) is 0 Å². The molecule has 1 aromatic rings. The van der Waals surface area contributed by atoms with Crippen molar-refractivity contribution in [2.24, 2.45) is 5.92 Å². The average molecular weight is 430 g/mol. The Balaban J connectivity index is 1.27. The summed E-state index contributed by atoms with van der Waals surface area (Å²) in [5.41, 5.74) is 2.81. The van der Waals surface area contributed by atoms with Gasteiger partial charge in [0.05, 0.1) is 12.7 Å². The zero-order valence-corrected chi connectivity index (χ0v) is 19.1. The van der Waals surface area contributed by atoms with Crippen LogP contribution in [0.1, 0.15) is 49.7 Å². The molecule has 1 atom stereocenters. The molecule has 4 rings (SSSR count). The van der Waals surface area contributed by atoms with Gasteiger partial charge < -0.3 is 9.64 Å². The number of aryl methyl sites for hydroxylation is 1. The Bertz CT molecular complexity index is 693. The van der Waals surface area contributed by atoms with Gasteiger partial charge in [0.25, 0.3) is 0 Å². The summed E-state index contributed by atoms with van der Waals surface area (Å²) >= 11 is 0. The Morgan fingerprint density at radius 2 is 1.90 bits per heavy atom. The Labute approximate surface area is 187 Å². The van der Waals surface area contributed by atoms with Crippen LogP contribution in [0.25, 0.3) is 0 Å². The predicted molar refractivity (Wildman–Crippen MR) is 121 cm³/mol. The van der Waals surface area contributed by atoms with Crippen LogP contribution in [0.2, 0.25) is 0 Å². The molecule has 3 saturated heterocycles. The summed E-state index contributed by atoms with van der Waals surface area (Å²) in [5, 5.41) is 1.95. The van der Waals surface area contributed by atoms with Gasteiger partial charge in [-0.05, 0) is 69.2 Å². The van der Waals surface area contributed by atoms with Gasteiger partial charge in [0.1, 0.15) is 0 Å². The van der Waals surface area contributed by atoms with Crippen LogP contribution in [0.15, 0.2) is 24.3 Å². The van der Waals surface area contributed by atoms with Gasteiger partial charge >= 0.3 is 0 Å². The summed E-state index contributed by atoms with van der Waals surface area (Å²) in [5.74, 6) is 0.842. The summed E-state index contributed by atoms with van der Waals surface area (Å²) in [4.78, 5) is 23.3. The largest absolute Gasteiger partial charge is 0.376 e. The van der Waals surface area contributed by atoms with Crippen molar-refractivity contribution in [1.29, 1.82) is 0 Å². The smallest absolute Gasteiger partial charge is 0.224 e. The molecule has 0 radical (unpaired) electrons. The van der Waals surface area contributed by atoms with Gasteiger partial charge in [-0.1, -0.05) is 24.3 Å². The quantitative estimate of drug-likeness (QED) is 0.603. The fourth-order valence-electron chi connectivity index (χ4n) is 5.03. The van der Waals surface area contributed by atoms with E-state index >= 15 is 0 Å². The van der Waals surface area contributed by atoms with E-state index in [4.69, 9.17) is 9.57 Å². The van der Waals surface area contributed by atoms with E-state index in [1.165, 1.54) is 11.1 Å². The highest BCUT2D eigenvalue weighted by molar-refractivity contribution is 5.76. The van der Waals surface area contributed by atoms with Crippen molar-refractivity contribution >= 4 is 5.91 Å². The number of amides is 1. The van der Waals surface area contributed by atoms with Gasteiger partial charge in [-0.2, -0.15) is 5.06 Å². The molecule has 1 aromatic carbocycles.